The predicted octanol–water partition coefficient (Wildman–Crippen LogP) is 4.75. The summed E-state index contributed by atoms with van der Waals surface area (Å²) in [4.78, 5) is 12.4. The summed E-state index contributed by atoms with van der Waals surface area (Å²) >= 11 is 1.33. The molecular weight excluding hydrogens is 460 g/mol. The van der Waals surface area contributed by atoms with Crippen LogP contribution in [0, 0.1) is 13.8 Å². The van der Waals surface area contributed by atoms with Crippen LogP contribution in [0.25, 0.3) is 5.69 Å². The number of para-hydroxylation sites is 2. The van der Waals surface area contributed by atoms with Crippen LogP contribution in [0.4, 0.5) is 0 Å². The second kappa shape index (κ2) is 12.1. The second-order valence-electron chi connectivity index (χ2n) is 7.93. The van der Waals surface area contributed by atoms with Crippen molar-refractivity contribution in [3.8, 4) is 17.2 Å². The molecule has 4 aromatic rings. The molecule has 35 heavy (non-hydrogen) atoms. The smallest absolute Gasteiger partial charge is 0.230 e. The van der Waals surface area contributed by atoms with E-state index in [-0.39, 0.29) is 18.3 Å². The van der Waals surface area contributed by atoms with Gasteiger partial charge in [0.1, 0.15) is 24.7 Å². The zero-order valence-corrected chi connectivity index (χ0v) is 20.6. The van der Waals surface area contributed by atoms with E-state index in [9.17, 15) is 4.79 Å². The highest BCUT2D eigenvalue weighted by atomic mass is 32.2. The molecule has 0 spiro atoms. The minimum Gasteiger partial charge on any atom is -0.492 e. The number of nitrogens with one attached hydrogen (secondary N) is 1. The SMILES string of the molecule is Cc1cccc(OCCNC(=O)CSc2nnc(COc3ccccc3C)n2-c2ccccc2)c1. The molecule has 0 atom stereocenters. The number of ether oxygens (including phenoxy) is 2. The molecule has 0 unspecified atom stereocenters. The third kappa shape index (κ3) is 6.86. The molecule has 1 heterocycles. The lowest BCUT2D eigenvalue weighted by Gasteiger charge is -2.12. The number of hydrogen-bond acceptors (Lipinski definition) is 6. The quantitative estimate of drug-likeness (QED) is 0.242. The molecule has 0 saturated carbocycles. The molecule has 0 radical (unpaired) electrons. The third-order valence-corrected chi connectivity index (χ3v) is 6.11. The number of hydrogen-bond donors (Lipinski definition) is 1. The lowest BCUT2D eigenvalue weighted by molar-refractivity contribution is -0.118. The lowest BCUT2D eigenvalue weighted by Crippen LogP contribution is -2.29. The van der Waals surface area contributed by atoms with Gasteiger partial charge in [0.25, 0.3) is 0 Å². The Hall–Kier alpha value is -3.78. The van der Waals surface area contributed by atoms with Gasteiger partial charge >= 0.3 is 0 Å². The minimum atomic E-state index is -0.0943. The molecule has 0 fully saturated rings. The Bertz CT molecular complexity index is 1260. The Morgan fingerprint density at radius 2 is 1.74 bits per heavy atom. The van der Waals surface area contributed by atoms with E-state index < -0.39 is 0 Å². The second-order valence-corrected chi connectivity index (χ2v) is 8.87. The van der Waals surface area contributed by atoms with Crippen molar-refractivity contribution in [2.24, 2.45) is 0 Å². The van der Waals surface area contributed by atoms with E-state index in [1.165, 1.54) is 11.8 Å². The number of carbonyl (C=O) groups excluding carboxylic acids is 1. The lowest BCUT2D eigenvalue weighted by atomic mass is 10.2. The van der Waals surface area contributed by atoms with Crippen LogP contribution >= 0.6 is 11.8 Å². The molecule has 4 rings (SSSR count). The minimum absolute atomic E-state index is 0.0943. The van der Waals surface area contributed by atoms with Gasteiger partial charge in [-0.1, -0.05) is 60.3 Å². The summed E-state index contributed by atoms with van der Waals surface area (Å²) in [5.41, 5.74) is 3.10. The molecule has 0 aliphatic heterocycles. The average molecular weight is 489 g/mol. The summed E-state index contributed by atoms with van der Waals surface area (Å²) in [5, 5.41) is 12.2. The van der Waals surface area contributed by atoms with Crippen molar-refractivity contribution in [1.82, 2.24) is 20.1 Å². The van der Waals surface area contributed by atoms with Crippen molar-refractivity contribution in [3.63, 3.8) is 0 Å². The van der Waals surface area contributed by atoms with E-state index in [1.807, 2.05) is 97.3 Å². The first-order chi connectivity index (χ1) is 17.1. The maximum absolute atomic E-state index is 12.4. The summed E-state index contributed by atoms with van der Waals surface area (Å²) in [6.07, 6.45) is 0. The van der Waals surface area contributed by atoms with E-state index in [4.69, 9.17) is 9.47 Å². The van der Waals surface area contributed by atoms with Crippen LogP contribution in [0.15, 0.2) is 84.0 Å². The third-order valence-electron chi connectivity index (χ3n) is 5.18. The number of aromatic nitrogens is 3. The Kier molecular flexibility index (Phi) is 8.40. The Morgan fingerprint density at radius 3 is 2.54 bits per heavy atom. The van der Waals surface area contributed by atoms with E-state index in [0.29, 0.717) is 24.1 Å². The Balaban J connectivity index is 1.35. The highest BCUT2D eigenvalue weighted by molar-refractivity contribution is 7.99. The van der Waals surface area contributed by atoms with Crippen LogP contribution in [-0.4, -0.2) is 39.6 Å². The van der Waals surface area contributed by atoms with Crippen molar-refractivity contribution in [3.05, 3.63) is 95.8 Å². The van der Waals surface area contributed by atoms with E-state index in [2.05, 4.69) is 15.5 Å². The van der Waals surface area contributed by atoms with Gasteiger partial charge in [-0.3, -0.25) is 9.36 Å². The summed E-state index contributed by atoms with van der Waals surface area (Å²) in [6.45, 7) is 5.11. The van der Waals surface area contributed by atoms with Gasteiger partial charge in [0.15, 0.2) is 11.0 Å². The van der Waals surface area contributed by atoms with Crippen molar-refractivity contribution >= 4 is 17.7 Å². The average Bonchev–Trinajstić information content (AvgIpc) is 3.28. The van der Waals surface area contributed by atoms with E-state index in [1.54, 1.807) is 0 Å². The molecule has 8 heteroatoms. The molecule has 0 bridgehead atoms. The largest absolute Gasteiger partial charge is 0.492 e. The van der Waals surface area contributed by atoms with Crippen LogP contribution in [0.3, 0.4) is 0 Å². The fraction of sp³-hybridized carbons (Fsp3) is 0.222. The molecule has 180 valence electrons. The van der Waals surface area contributed by atoms with Crippen molar-refractivity contribution in [2.45, 2.75) is 25.6 Å². The topological polar surface area (TPSA) is 78.3 Å². The number of thioether (sulfide) groups is 1. The molecular formula is C27H28N4O3S. The maximum atomic E-state index is 12.4. The fourth-order valence-electron chi connectivity index (χ4n) is 3.43. The number of benzene rings is 3. The van der Waals surface area contributed by atoms with Gasteiger partial charge in [0.05, 0.1) is 12.3 Å². The van der Waals surface area contributed by atoms with Crippen molar-refractivity contribution < 1.29 is 14.3 Å². The van der Waals surface area contributed by atoms with Gasteiger partial charge in [-0.2, -0.15) is 0 Å². The maximum Gasteiger partial charge on any atom is 0.230 e. The molecule has 1 amide bonds. The van der Waals surface area contributed by atoms with Crippen LogP contribution in [0.5, 0.6) is 11.5 Å². The van der Waals surface area contributed by atoms with Gasteiger partial charge in [0, 0.05) is 5.69 Å². The zero-order valence-electron chi connectivity index (χ0n) is 19.8. The van der Waals surface area contributed by atoms with Gasteiger partial charge in [-0.25, -0.2) is 0 Å². The normalized spacial score (nSPS) is 10.7. The number of nitrogens with zero attached hydrogens (tertiary/aromatic N) is 3. The molecule has 1 aromatic heterocycles. The highest BCUT2D eigenvalue weighted by Crippen LogP contribution is 2.24. The summed E-state index contributed by atoms with van der Waals surface area (Å²) in [5.74, 6) is 2.38. The van der Waals surface area contributed by atoms with E-state index in [0.717, 1.165) is 28.3 Å². The van der Waals surface area contributed by atoms with Gasteiger partial charge in [0.2, 0.25) is 5.91 Å². The number of rotatable bonds is 11. The molecule has 1 N–H and O–H groups in total. The van der Waals surface area contributed by atoms with Crippen LogP contribution < -0.4 is 14.8 Å². The first-order valence-corrected chi connectivity index (χ1v) is 12.4. The van der Waals surface area contributed by atoms with Crippen LogP contribution in [0.1, 0.15) is 17.0 Å². The summed E-state index contributed by atoms with van der Waals surface area (Å²) in [6, 6.07) is 25.5. The predicted molar refractivity (Wildman–Crippen MR) is 137 cm³/mol. The Morgan fingerprint density at radius 1 is 0.943 bits per heavy atom. The standard InChI is InChI=1S/C27H28N4O3S/c1-20-9-8-13-23(17-20)33-16-15-28-26(32)19-35-27-30-29-25(31(27)22-11-4-3-5-12-22)18-34-24-14-7-6-10-21(24)2/h3-14,17H,15-16,18-19H2,1-2H3,(H,28,32). The Labute approximate surface area is 209 Å². The number of aryl methyl sites for hydroxylation is 2. The summed E-state index contributed by atoms with van der Waals surface area (Å²) < 4.78 is 13.6. The van der Waals surface area contributed by atoms with Crippen LogP contribution in [-0.2, 0) is 11.4 Å². The highest BCUT2D eigenvalue weighted by Gasteiger charge is 2.16. The van der Waals surface area contributed by atoms with Crippen molar-refractivity contribution in [2.75, 3.05) is 18.9 Å². The first-order valence-electron chi connectivity index (χ1n) is 11.4. The van der Waals surface area contributed by atoms with E-state index >= 15 is 0 Å². The molecule has 0 aliphatic carbocycles. The molecule has 7 nitrogen and oxygen atoms in total. The summed E-state index contributed by atoms with van der Waals surface area (Å²) in [7, 11) is 0. The molecule has 0 saturated heterocycles. The zero-order chi connectivity index (χ0) is 24.5. The molecule has 0 aliphatic rings. The van der Waals surface area contributed by atoms with Crippen LogP contribution in [0.2, 0.25) is 0 Å². The van der Waals surface area contributed by atoms with Gasteiger partial charge in [-0.05, 0) is 55.3 Å². The monoisotopic (exact) mass is 488 g/mol. The molecule has 3 aromatic carbocycles. The number of amides is 1. The fourth-order valence-corrected chi connectivity index (χ4v) is 4.23. The number of carbonyl (C=O) groups is 1. The van der Waals surface area contributed by atoms with Crippen molar-refractivity contribution in [1.29, 1.82) is 0 Å². The van der Waals surface area contributed by atoms with Gasteiger partial charge < -0.3 is 14.8 Å². The van der Waals surface area contributed by atoms with Gasteiger partial charge in [-0.15, -0.1) is 10.2 Å². The first kappa shape index (κ1) is 24.3.